The third-order valence-electron chi connectivity index (χ3n) is 7.12. The number of benzene rings is 1. The van der Waals surface area contributed by atoms with Crippen molar-refractivity contribution in [2.75, 3.05) is 66.9 Å². The Morgan fingerprint density at radius 2 is 1.85 bits per heavy atom. The van der Waals surface area contributed by atoms with Gasteiger partial charge in [-0.2, -0.15) is 0 Å². The van der Waals surface area contributed by atoms with E-state index in [9.17, 15) is 5.11 Å². The molecule has 2 saturated heterocycles. The molecule has 1 aliphatic carbocycles. The first kappa shape index (κ1) is 22.6. The Bertz CT molecular complexity index is 978. The molecule has 2 aromatic rings. The van der Waals surface area contributed by atoms with E-state index in [4.69, 9.17) is 9.72 Å². The Hall–Kier alpha value is -2.22. The standard InChI is InChI=1S/C26H34N4O2S/c1-20(27-24-3-2-4-25(28-24)30-13-16-32-17-14-30)22-6-5-21(33-18-15-31)19-23(22)29-11-9-26(7-8-26)10-12-29/h2-6,19,31H,1,7-18H2,(H,27,28). The largest absolute Gasteiger partial charge is 0.396 e. The van der Waals surface area contributed by atoms with Gasteiger partial charge >= 0.3 is 0 Å². The van der Waals surface area contributed by atoms with Gasteiger partial charge in [-0.15, -0.1) is 11.8 Å². The number of piperidine rings is 1. The fourth-order valence-corrected chi connectivity index (χ4v) is 5.55. The van der Waals surface area contributed by atoms with E-state index < -0.39 is 0 Å². The predicted molar refractivity (Wildman–Crippen MR) is 137 cm³/mol. The maximum Gasteiger partial charge on any atom is 0.132 e. The number of ether oxygens (including phenoxy) is 1. The quantitative estimate of drug-likeness (QED) is 0.557. The number of aromatic nitrogens is 1. The zero-order chi connectivity index (χ0) is 22.7. The van der Waals surface area contributed by atoms with Crippen LogP contribution in [-0.2, 0) is 4.74 Å². The number of hydrogen-bond acceptors (Lipinski definition) is 7. The molecule has 1 saturated carbocycles. The third kappa shape index (κ3) is 5.31. The minimum atomic E-state index is 0.188. The maximum atomic E-state index is 9.26. The van der Waals surface area contributed by atoms with Crippen LogP contribution in [0.15, 0.2) is 47.9 Å². The van der Waals surface area contributed by atoms with Crippen LogP contribution in [0.25, 0.3) is 5.70 Å². The summed E-state index contributed by atoms with van der Waals surface area (Å²) in [7, 11) is 0. The second-order valence-corrected chi connectivity index (χ2v) is 10.5. The average Bonchev–Trinajstić information content (AvgIpc) is 3.62. The molecule has 5 rings (SSSR count). The molecular weight excluding hydrogens is 432 g/mol. The van der Waals surface area contributed by atoms with Crippen molar-refractivity contribution in [3.05, 3.63) is 48.5 Å². The summed E-state index contributed by atoms with van der Waals surface area (Å²) in [5.41, 5.74) is 3.85. The summed E-state index contributed by atoms with van der Waals surface area (Å²) in [6, 6.07) is 12.7. The lowest BCUT2D eigenvalue weighted by Crippen LogP contribution is -2.36. The van der Waals surface area contributed by atoms with Crippen LogP contribution in [0.1, 0.15) is 31.2 Å². The van der Waals surface area contributed by atoms with Gasteiger partial charge in [0.05, 0.1) is 19.8 Å². The molecule has 3 heterocycles. The Balaban J connectivity index is 1.35. The number of nitrogens with one attached hydrogen (secondary N) is 1. The minimum absolute atomic E-state index is 0.188. The molecule has 0 bridgehead atoms. The van der Waals surface area contributed by atoms with Gasteiger partial charge in [0.25, 0.3) is 0 Å². The van der Waals surface area contributed by atoms with Gasteiger partial charge in [0.2, 0.25) is 0 Å². The first-order valence-electron chi connectivity index (χ1n) is 12.0. The molecule has 1 aromatic carbocycles. The Morgan fingerprint density at radius 3 is 2.58 bits per heavy atom. The van der Waals surface area contributed by atoms with E-state index >= 15 is 0 Å². The Morgan fingerprint density at radius 1 is 1.06 bits per heavy atom. The Labute approximate surface area is 201 Å². The van der Waals surface area contributed by atoms with E-state index in [1.165, 1.54) is 36.3 Å². The van der Waals surface area contributed by atoms with Gasteiger partial charge < -0.3 is 25.0 Å². The summed E-state index contributed by atoms with van der Waals surface area (Å²) < 4.78 is 5.48. The number of anilines is 3. The van der Waals surface area contributed by atoms with Crippen molar-refractivity contribution in [3.8, 4) is 0 Å². The van der Waals surface area contributed by atoms with Gasteiger partial charge in [0, 0.05) is 53.8 Å². The minimum Gasteiger partial charge on any atom is -0.396 e. The molecule has 0 unspecified atom stereocenters. The first-order chi connectivity index (χ1) is 16.2. The van der Waals surface area contributed by atoms with E-state index in [1.54, 1.807) is 11.8 Å². The van der Waals surface area contributed by atoms with Crippen LogP contribution in [0.5, 0.6) is 0 Å². The van der Waals surface area contributed by atoms with Crippen LogP contribution in [0.2, 0.25) is 0 Å². The van der Waals surface area contributed by atoms with Crippen molar-refractivity contribution in [2.45, 2.75) is 30.6 Å². The highest BCUT2D eigenvalue weighted by atomic mass is 32.2. The molecule has 3 fully saturated rings. The normalized spacial score (nSPS) is 19.5. The molecule has 0 amide bonds. The lowest BCUT2D eigenvalue weighted by molar-refractivity contribution is 0.122. The zero-order valence-corrected chi connectivity index (χ0v) is 20.1. The van der Waals surface area contributed by atoms with E-state index in [0.29, 0.717) is 11.2 Å². The zero-order valence-electron chi connectivity index (χ0n) is 19.3. The maximum absolute atomic E-state index is 9.26. The van der Waals surface area contributed by atoms with Crippen molar-refractivity contribution >= 4 is 34.8 Å². The number of morpholine rings is 1. The van der Waals surface area contributed by atoms with Gasteiger partial charge in [-0.05, 0) is 61.4 Å². The molecule has 2 N–H and O–H groups in total. The van der Waals surface area contributed by atoms with Crippen LogP contribution in [-0.4, -0.2) is 61.8 Å². The van der Waals surface area contributed by atoms with Gasteiger partial charge in [-0.3, -0.25) is 0 Å². The Kier molecular flexibility index (Phi) is 6.81. The molecular formula is C26H34N4O2S. The van der Waals surface area contributed by atoms with E-state index in [1.807, 2.05) is 12.1 Å². The molecule has 33 heavy (non-hydrogen) atoms. The smallest absolute Gasteiger partial charge is 0.132 e. The highest BCUT2D eigenvalue weighted by Gasteiger charge is 2.44. The monoisotopic (exact) mass is 466 g/mol. The second-order valence-electron chi connectivity index (χ2n) is 9.32. The van der Waals surface area contributed by atoms with Gasteiger partial charge in [0.15, 0.2) is 0 Å². The molecule has 3 aliphatic rings. The number of nitrogens with zero attached hydrogens (tertiary/aromatic N) is 3. The summed E-state index contributed by atoms with van der Waals surface area (Å²) in [5, 5.41) is 12.7. The fourth-order valence-electron chi connectivity index (χ4n) is 4.86. The number of thioether (sulfide) groups is 1. The van der Waals surface area contributed by atoms with Crippen LogP contribution >= 0.6 is 11.8 Å². The summed E-state index contributed by atoms with van der Waals surface area (Å²) in [6.07, 6.45) is 5.37. The highest BCUT2D eigenvalue weighted by molar-refractivity contribution is 7.99. The number of aliphatic hydroxyl groups excluding tert-OH is 1. The summed E-state index contributed by atoms with van der Waals surface area (Å²) in [5.74, 6) is 2.49. The summed E-state index contributed by atoms with van der Waals surface area (Å²) in [6.45, 7) is 9.99. The number of hydrogen-bond donors (Lipinski definition) is 2. The topological polar surface area (TPSA) is 60.9 Å². The third-order valence-corrected chi connectivity index (χ3v) is 8.10. The van der Waals surface area contributed by atoms with E-state index in [-0.39, 0.29) is 6.61 Å². The molecule has 0 radical (unpaired) electrons. The lowest BCUT2D eigenvalue weighted by atomic mass is 9.93. The molecule has 0 atom stereocenters. The van der Waals surface area contributed by atoms with Crippen molar-refractivity contribution in [1.29, 1.82) is 0 Å². The number of rotatable bonds is 8. The van der Waals surface area contributed by atoms with E-state index in [2.05, 4.69) is 46.0 Å². The SMILES string of the molecule is C=C(Nc1cccc(N2CCOCC2)n1)c1ccc(SCCO)cc1N1CCC2(CC1)CC2. The van der Waals surface area contributed by atoms with Crippen molar-refractivity contribution < 1.29 is 9.84 Å². The fraction of sp³-hybridized carbons (Fsp3) is 0.500. The first-order valence-corrected chi connectivity index (χ1v) is 13.0. The van der Waals surface area contributed by atoms with Crippen LogP contribution in [0.3, 0.4) is 0 Å². The summed E-state index contributed by atoms with van der Waals surface area (Å²) >= 11 is 1.70. The molecule has 1 spiro atoms. The molecule has 176 valence electrons. The summed E-state index contributed by atoms with van der Waals surface area (Å²) in [4.78, 5) is 10.8. The van der Waals surface area contributed by atoms with Gasteiger partial charge in [-0.1, -0.05) is 12.6 Å². The molecule has 6 nitrogen and oxygen atoms in total. The van der Waals surface area contributed by atoms with Crippen LogP contribution in [0.4, 0.5) is 17.3 Å². The van der Waals surface area contributed by atoms with Gasteiger partial charge in [0.1, 0.15) is 11.6 Å². The molecule has 2 aliphatic heterocycles. The predicted octanol–water partition coefficient (Wildman–Crippen LogP) is 4.47. The van der Waals surface area contributed by atoms with E-state index in [0.717, 1.165) is 62.3 Å². The van der Waals surface area contributed by atoms with Crippen LogP contribution in [0, 0.1) is 5.41 Å². The second kappa shape index (κ2) is 9.95. The molecule has 7 heteroatoms. The molecule has 1 aromatic heterocycles. The van der Waals surface area contributed by atoms with Crippen molar-refractivity contribution in [2.24, 2.45) is 5.41 Å². The van der Waals surface area contributed by atoms with Crippen LogP contribution < -0.4 is 15.1 Å². The van der Waals surface area contributed by atoms with Gasteiger partial charge in [-0.25, -0.2) is 4.98 Å². The number of pyridine rings is 1. The van der Waals surface area contributed by atoms with Crippen molar-refractivity contribution in [1.82, 2.24) is 4.98 Å². The lowest BCUT2D eigenvalue weighted by Gasteiger charge is -2.35. The average molecular weight is 467 g/mol. The van der Waals surface area contributed by atoms with Crippen molar-refractivity contribution in [3.63, 3.8) is 0 Å². The number of aliphatic hydroxyl groups is 1. The highest BCUT2D eigenvalue weighted by Crippen LogP contribution is 2.54.